The maximum Gasteiger partial charge on any atom is 0.267 e. The minimum Gasteiger partial charge on any atom is -0.497 e. The Morgan fingerprint density at radius 2 is 1.88 bits per heavy atom. The van der Waals surface area contributed by atoms with Crippen molar-refractivity contribution in [3.8, 4) is 5.75 Å². The van der Waals surface area contributed by atoms with Crippen LogP contribution in [-0.4, -0.2) is 48.6 Å². The van der Waals surface area contributed by atoms with Gasteiger partial charge in [0.1, 0.15) is 11.4 Å². The van der Waals surface area contributed by atoms with Gasteiger partial charge in [-0.3, -0.25) is 4.79 Å². The number of halogens is 1. The second-order valence-electron chi connectivity index (χ2n) is 9.61. The van der Waals surface area contributed by atoms with Gasteiger partial charge in [0.2, 0.25) is 0 Å². The van der Waals surface area contributed by atoms with Crippen LogP contribution in [0.2, 0.25) is 0 Å². The van der Waals surface area contributed by atoms with Crippen LogP contribution in [0.1, 0.15) is 54.1 Å². The van der Waals surface area contributed by atoms with Gasteiger partial charge in [-0.1, -0.05) is 28.1 Å². The zero-order valence-corrected chi connectivity index (χ0v) is 20.7. The van der Waals surface area contributed by atoms with Crippen molar-refractivity contribution < 1.29 is 9.53 Å². The molecule has 1 saturated heterocycles. The summed E-state index contributed by atoms with van der Waals surface area (Å²) in [6, 6.07) is 16.8. The number of hydrogen-bond donors (Lipinski definition) is 2. The molecule has 1 aliphatic carbocycles. The summed E-state index contributed by atoms with van der Waals surface area (Å²) in [6.07, 6.45) is 5.79. The summed E-state index contributed by atoms with van der Waals surface area (Å²) in [5.74, 6) is 2.26. The van der Waals surface area contributed by atoms with Gasteiger partial charge in [-0.25, -0.2) is 0 Å². The Kier molecular flexibility index (Phi) is 6.74. The fourth-order valence-electron chi connectivity index (χ4n) is 5.55. The van der Waals surface area contributed by atoms with Gasteiger partial charge in [0, 0.05) is 28.0 Å². The van der Waals surface area contributed by atoms with Crippen molar-refractivity contribution in [2.45, 2.75) is 44.1 Å². The number of amides is 1. The number of carbonyl (C=O) groups is 1. The number of nitrogens with zero attached hydrogens (tertiary/aromatic N) is 1. The van der Waals surface area contributed by atoms with E-state index in [1.54, 1.807) is 7.11 Å². The third kappa shape index (κ3) is 5.28. The van der Waals surface area contributed by atoms with Crippen molar-refractivity contribution in [2.24, 2.45) is 5.92 Å². The van der Waals surface area contributed by atoms with E-state index >= 15 is 0 Å². The molecule has 2 atom stereocenters. The summed E-state index contributed by atoms with van der Waals surface area (Å²) in [7, 11) is 1.72. The van der Waals surface area contributed by atoms with Gasteiger partial charge in [-0.2, -0.15) is 0 Å². The van der Waals surface area contributed by atoms with Crippen LogP contribution in [0, 0.1) is 5.92 Å². The number of methoxy groups -OCH3 is 1. The first-order valence-corrected chi connectivity index (χ1v) is 12.8. The highest BCUT2D eigenvalue weighted by atomic mass is 79.9. The van der Waals surface area contributed by atoms with Crippen LogP contribution < -0.4 is 10.1 Å². The van der Waals surface area contributed by atoms with E-state index in [2.05, 4.69) is 55.4 Å². The van der Waals surface area contributed by atoms with Gasteiger partial charge in [0.05, 0.1) is 7.11 Å². The van der Waals surface area contributed by atoms with Crippen LogP contribution in [0.25, 0.3) is 10.9 Å². The monoisotopic (exact) mass is 509 g/mol. The molecule has 1 amide bonds. The lowest BCUT2D eigenvalue weighted by Crippen LogP contribution is -2.37. The molecule has 1 aliphatic heterocycles. The van der Waals surface area contributed by atoms with Crippen LogP contribution >= 0.6 is 15.9 Å². The van der Waals surface area contributed by atoms with Crippen LogP contribution in [0.15, 0.2) is 53.0 Å². The lowest BCUT2D eigenvalue weighted by Gasteiger charge is -2.33. The number of hydrogen-bond acceptors (Lipinski definition) is 3. The maximum absolute atomic E-state index is 12.8. The molecule has 2 aromatic carbocycles. The molecule has 2 fully saturated rings. The Labute approximate surface area is 204 Å². The summed E-state index contributed by atoms with van der Waals surface area (Å²) < 4.78 is 6.31. The lowest BCUT2D eigenvalue weighted by atomic mass is 9.89. The highest BCUT2D eigenvalue weighted by molar-refractivity contribution is 9.10. The van der Waals surface area contributed by atoms with Crippen LogP contribution in [-0.2, 0) is 0 Å². The molecular weight excluding hydrogens is 478 g/mol. The van der Waals surface area contributed by atoms with E-state index in [1.807, 2.05) is 24.3 Å². The Bertz CT molecular complexity index is 1100. The number of ether oxygens (including phenoxy) is 1. The summed E-state index contributed by atoms with van der Waals surface area (Å²) in [4.78, 5) is 18.7. The van der Waals surface area contributed by atoms with Crippen molar-refractivity contribution in [3.63, 3.8) is 0 Å². The predicted octanol–water partition coefficient (Wildman–Crippen LogP) is 5.72. The van der Waals surface area contributed by atoms with Gasteiger partial charge >= 0.3 is 0 Å². The van der Waals surface area contributed by atoms with Gasteiger partial charge in [0.25, 0.3) is 5.91 Å². The van der Waals surface area contributed by atoms with Crippen LogP contribution in [0.3, 0.4) is 0 Å². The van der Waals surface area contributed by atoms with E-state index in [0.29, 0.717) is 17.5 Å². The number of benzene rings is 2. The highest BCUT2D eigenvalue weighted by Crippen LogP contribution is 2.32. The molecule has 2 heterocycles. The molecule has 174 valence electrons. The van der Waals surface area contributed by atoms with Crippen molar-refractivity contribution in [2.75, 3.05) is 26.7 Å². The second kappa shape index (κ2) is 9.90. The molecule has 1 aromatic heterocycles. The minimum atomic E-state index is 0.00767. The Hall–Kier alpha value is -2.31. The summed E-state index contributed by atoms with van der Waals surface area (Å²) >= 11 is 3.49. The van der Waals surface area contributed by atoms with Crippen LogP contribution in [0.4, 0.5) is 0 Å². The van der Waals surface area contributed by atoms with E-state index in [4.69, 9.17) is 4.74 Å². The Morgan fingerprint density at radius 3 is 2.64 bits per heavy atom. The molecule has 5 rings (SSSR count). The maximum atomic E-state index is 12.8. The van der Waals surface area contributed by atoms with Crippen LogP contribution in [0.5, 0.6) is 5.75 Å². The zero-order valence-electron chi connectivity index (χ0n) is 19.1. The average molecular weight is 510 g/mol. The number of carbonyl (C=O) groups excluding carboxylic acids is 1. The molecule has 33 heavy (non-hydrogen) atoms. The van der Waals surface area contributed by atoms with Gasteiger partial charge in [-0.05, 0) is 99.0 Å². The number of aromatic nitrogens is 1. The first kappa shape index (κ1) is 22.5. The molecule has 1 saturated carbocycles. The number of H-pyrrole nitrogens is 1. The van der Waals surface area contributed by atoms with E-state index in [-0.39, 0.29) is 11.9 Å². The fraction of sp³-hybridized carbons (Fsp3) is 0.444. The Morgan fingerprint density at radius 1 is 1.09 bits per heavy atom. The lowest BCUT2D eigenvalue weighted by molar-refractivity contribution is 0.0932. The molecule has 3 aromatic rings. The Balaban J connectivity index is 1.08. The second-order valence-corrected chi connectivity index (χ2v) is 10.5. The quantitative estimate of drug-likeness (QED) is 0.446. The van der Waals surface area contributed by atoms with Gasteiger partial charge in [0.15, 0.2) is 0 Å². The molecule has 6 heteroatoms. The first-order chi connectivity index (χ1) is 16.1. The average Bonchev–Trinajstić information content (AvgIpc) is 3.46. The molecule has 0 unspecified atom stereocenters. The largest absolute Gasteiger partial charge is 0.497 e. The molecule has 0 spiro atoms. The predicted molar refractivity (Wildman–Crippen MR) is 136 cm³/mol. The molecule has 5 nitrogen and oxygen atoms in total. The van der Waals surface area contributed by atoms with E-state index in [1.165, 1.54) is 24.8 Å². The van der Waals surface area contributed by atoms with E-state index in [9.17, 15) is 4.79 Å². The van der Waals surface area contributed by atoms with Gasteiger partial charge < -0.3 is 19.9 Å². The smallest absolute Gasteiger partial charge is 0.267 e. The number of piperidine rings is 1. The normalized spacial score (nSPS) is 22.0. The van der Waals surface area contributed by atoms with Crippen molar-refractivity contribution in [3.05, 3.63) is 64.3 Å². The molecule has 2 N–H and O–H groups in total. The first-order valence-electron chi connectivity index (χ1n) is 12.0. The molecule has 2 aliphatic rings. The number of rotatable bonds is 6. The van der Waals surface area contributed by atoms with Crippen molar-refractivity contribution in [1.29, 1.82) is 0 Å². The zero-order chi connectivity index (χ0) is 22.8. The summed E-state index contributed by atoms with van der Waals surface area (Å²) in [5, 5.41) is 4.32. The fourth-order valence-corrected chi connectivity index (χ4v) is 5.93. The standard InChI is InChI=1S/C27H32BrN3O2/c1-33-24-7-3-19(4-8-24)20-10-12-31(13-11-20)17-18-2-6-23(14-18)29-27(32)26-16-21-15-22(28)5-9-25(21)30-26/h3-5,7-9,15-16,18,20,23,30H,2,6,10-14,17H2,1H3,(H,29,32)/t18-,23+/m0/s1. The van der Waals surface area contributed by atoms with Crippen molar-refractivity contribution in [1.82, 2.24) is 15.2 Å². The third-order valence-electron chi connectivity index (χ3n) is 7.40. The summed E-state index contributed by atoms with van der Waals surface area (Å²) in [5.41, 5.74) is 3.07. The topological polar surface area (TPSA) is 57.4 Å². The highest BCUT2D eigenvalue weighted by Gasteiger charge is 2.29. The SMILES string of the molecule is COc1ccc(C2CCN(C[C@H]3CC[C@@H](NC(=O)c4cc5cc(Br)ccc5[nH]4)C3)CC2)cc1. The minimum absolute atomic E-state index is 0.00767. The number of aromatic amines is 1. The van der Waals surface area contributed by atoms with E-state index in [0.717, 1.165) is 53.6 Å². The van der Waals surface area contributed by atoms with E-state index < -0.39 is 0 Å². The number of likely N-dealkylation sites (tertiary alicyclic amines) is 1. The number of nitrogens with one attached hydrogen (secondary N) is 2. The number of fused-ring (bicyclic) bond motifs is 1. The molecular formula is C27H32BrN3O2. The van der Waals surface area contributed by atoms with Crippen molar-refractivity contribution >= 4 is 32.7 Å². The summed E-state index contributed by atoms with van der Waals surface area (Å²) in [6.45, 7) is 3.48. The molecule has 0 radical (unpaired) electrons. The third-order valence-corrected chi connectivity index (χ3v) is 7.89. The van der Waals surface area contributed by atoms with Gasteiger partial charge in [-0.15, -0.1) is 0 Å². The molecule has 0 bridgehead atoms.